The summed E-state index contributed by atoms with van der Waals surface area (Å²) >= 11 is 3.27. The van der Waals surface area contributed by atoms with Gasteiger partial charge in [-0.15, -0.1) is 0 Å². The van der Waals surface area contributed by atoms with E-state index in [-0.39, 0.29) is 5.56 Å². The normalized spacial score (nSPS) is 11.4. The van der Waals surface area contributed by atoms with E-state index in [2.05, 4.69) is 26.2 Å². The number of aromatic nitrogens is 1. The van der Waals surface area contributed by atoms with Gasteiger partial charge >= 0.3 is 5.97 Å². The number of hydrogen-bond acceptors (Lipinski definition) is 5. The van der Waals surface area contributed by atoms with Crippen LogP contribution in [0.4, 0.5) is 5.69 Å². The van der Waals surface area contributed by atoms with Crippen molar-refractivity contribution in [2.75, 3.05) is 11.9 Å². The number of carbonyl (C=O) groups excluding carboxylic acids is 2. The van der Waals surface area contributed by atoms with Crippen LogP contribution in [0.3, 0.4) is 0 Å². The number of halogens is 1. The van der Waals surface area contributed by atoms with Gasteiger partial charge in [0.1, 0.15) is 5.75 Å². The lowest BCUT2D eigenvalue weighted by Gasteiger charge is -2.19. The van der Waals surface area contributed by atoms with Crippen LogP contribution in [0.5, 0.6) is 5.75 Å². The number of nitrogens with zero attached hydrogens (tertiary/aromatic N) is 1. The lowest BCUT2D eigenvalue weighted by atomic mass is 10.1. The summed E-state index contributed by atoms with van der Waals surface area (Å²) in [7, 11) is 0. The van der Waals surface area contributed by atoms with Crippen molar-refractivity contribution in [3.8, 4) is 5.75 Å². The summed E-state index contributed by atoms with van der Waals surface area (Å²) in [6.45, 7) is 2.32. The third kappa shape index (κ3) is 5.42. The van der Waals surface area contributed by atoms with Crippen molar-refractivity contribution in [2.45, 2.75) is 13.0 Å². The molecule has 0 aliphatic heterocycles. The molecule has 0 spiro atoms. The first-order valence-corrected chi connectivity index (χ1v) is 9.77. The Hall–Kier alpha value is -3.19. The second-order valence-corrected chi connectivity index (χ2v) is 6.92. The van der Waals surface area contributed by atoms with Gasteiger partial charge in [0.2, 0.25) is 6.10 Å². The van der Waals surface area contributed by atoms with Crippen LogP contribution in [0, 0.1) is 0 Å². The molecule has 0 radical (unpaired) electrons. The number of benzene rings is 2. The van der Waals surface area contributed by atoms with Gasteiger partial charge < -0.3 is 14.8 Å². The van der Waals surface area contributed by atoms with Crippen molar-refractivity contribution < 1.29 is 19.1 Å². The van der Waals surface area contributed by atoms with E-state index in [0.29, 0.717) is 28.1 Å². The fourth-order valence-electron chi connectivity index (χ4n) is 2.65. The largest absolute Gasteiger partial charge is 0.492 e. The fourth-order valence-corrected chi connectivity index (χ4v) is 3.01. The minimum absolute atomic E-state index is 0.239. The molecule has 1 unspecified atom stereocenters. The molecule has 7 heteroatoms. The quantitative estimate of drug-likeness (QED) is 0.519. The Morgan fingerprint density at radius 1 is 1.07 bits per heavy atom. The zero-order valence-electron chi connectivity index (χ0n) is 15.7. The Kier molecular flexibility index (Phi) is 6.97. The molecule has 1 amide bonds. The molecule has 29 heavy (non-hydrogen) atoms. The predicted molar refractivity (Wildman–Crippen MR) is 113 cm³/mol. The van der Waals surface area contributed by atoms with Crippen molar-refractivity contribution in [3.05, 3.63) is 88.7 Å². The number of hydrogen-bond donors (Lipinski definition) is 1. The van der Waals surface area contributed by atoms with Crippen LogP contribution in [0.2, 0.25) is 0 Å². The SMILES string of the molecule is CCOc1ccccc1NC(=O)C(OC(=O)c1cncc(Br)c1)c1ccccc1. The fraction of sp³-hybridized carbons (Fsp3) is 0.136. The minimum Gasteiger partial charge on any atom is -0.492 e. The van der Waals surface area contributed by atoms with Crippen LogP contribution in [0.15, 0.2) is 77.5 Å². The average Bonchev–Trinajstić information content (AvgIpc) is 2.74. The summed E-state index contributed by atoms with van der Waals surface area (Å²) < 4.78 is 11.7. The summed E-state index contributed by atoms with van der Waals surface area (Å²) in [6, 6.07) is 17.5. The molecule has 0 aliphatic carbocycles. The highest BCUT2D eigenvalue weighted by Crippen LogP contribution is 2.27. The monoisotopic (exact) mass is 454 g/mol. The van der Waals surface area contributed by atoms with E-state index in [4.69, 9.17) is 9.47 Å². The third-order valence-corrected chi connectivity index (χ3v) is 4.38. The van der Waals surface area contributed by atoms with Crippen LogP contribution >= 0.6 is 15.9 Å². The van der Waals surface area contributed by atoms with Gasteiger partial charge in [0.15, 0.2) is 0 Å². The Morgan fingerprint density at radius 3 is 2.52 bits per heavy atom. The van der Waals surface area contributed by atoms with Gasteiger partial charge in [0.05, 0.1) is 17.9 Å². The predicted octanol–water partition coefficient (Wildman–Crippen LogP) is 4.78. The number of ether oxygens (including phenoxy) is 2. The average molecular weight is 455 g/mol. The maximum atomic E-state index is 13.0. The Bertz CT molecular complexity index is 995. The van der Waals surface area contributed by atoms with E-state index < -0.39 is 18.0 Å². The smallest absolute Gasteiger partial charge is 0.340 e. The molecule has 0 fully saturated rings. The van der Waals surface area contributed by atoms with E-state index in [1.54, 1.807) is 54.7 Å². The zero-order valence-corrected chi connectivity index (χ0v) is 17.3. The number of pyridine rings is 1. The number of rotatable bonds is 7. The van der Waals surface area contributed by atoms with Gasteiger partial charge in [-0.25, -0.2) is 4.79 Å². The molecule has 0 aliphatic rings. The van der Waals surface area contributed by atoms with Crippen molar-refractivity contribution in [1.82, 2.24) is 4.98 Å². The molecular weight excluding hydrogens is 436 g/mol. The van der Waals surface area contributed by atoms with E-state index in [1.807, 2.05) is 19.1 Å². The molecule has 0 saturated heterocycles. The van der Waals surface area contributed by atoms with Gasteiger partial charge in [-0.3, -0.25) is 9.78 Å². The minimum atomic E-state index is -1.14. The molecular formula is C22H19BrN2O4. The van der Waals surface area contributed by atoms with Gasteiger partial charge in [-0.2, -0.15) is 0 Å². The highest BCUT2D eigenvalue weighted by atomic mass is 79.9. The maximum Gasteiger partial charge on any atom is 0.340 e. The molecule has 148 valence electrons. The summed E-state index contributed by atoms with van der Waals surface area (Å²) in [6.07, 6.45) is 1.80. The summed E-state index contributed by atoms with van der Waals surface area (Å²) in [5.41, 5.74) is 1.29. The molecule has 1 atom stereocenters. The van der Waals surface area contributed by atoms with Crippen molar-refractivity contribution >= 4 is 33.5 Å². The maximum absolute atomic E-state index is 13.0. The second-order valence-electron chi connectivity index (χ2n) is 6.01. The van der Waals surface area contributed by atoms with Gasteiger partial charge in [0.25, 0.3) is 5.91 Å². The lowest BCUT2D eigenvalue weighted by Crippen LogP contribution is -2.26. The molecule has 6 nitrogen and oxygen atoms in total. The second kappa shape index (κ2) is 9.84. The topological polar surface area (TPSA) is 77.5 Å². The first-order valence-electron chi connectivity index (χ1n) is 8.97. The highest BCUT2D eigenvalue weighted by molar-refractivity contribution is 9.10. The third-order valence-electron chi connectivity index (χ3n) is 3.95. The van der Waals surface area contributed by atoms with Gasteiger partial charge in [0, 0.05) is 22.4 Å². The van der Waals surface area contributed by atoms with Crippen LogP contribution in [-0.2, 0) is 9.53 Å². The van der Waals surface area contributed by atoms with Crippen molar-refractivity contribution in [2.24, 2.45) is 0 Å². The van der Waals surface area contributed by atoms with Crippen LogP contribution in [-0.4, -0.2) is 23.5 Å². The van der Waals surface area contributed by atoms with E-state index >= 15 is 0 Å². The molecule has 1 aromatic heterocycles. The van der Waals surface area contributed by atoms with E-state index in [1.165, 1.54) is 6.20 Å². The standard InChI is InChI=1S/C22H19BrN2O4/c1-2-28-19-11-7-6-10-18(19)25-21(26)20(15-8-4-3-5-9-15)29-22(27)16-12-17(23)14-24-13-16/h3-14,20H,2H2,1H3,(H,25,26). The van der Waals surface area contributed by atoms with Crippen LogP contribution < -0.4 is 10.1 Å². The highest BCUT2D eigenvalue weighted by Gasteiger charge is 2.26. The molecule has 3 aromatic rings. The van der Waals surface area contributed by atoms with Crippen LogP contribution in [0.25, 0.3) is 0 Å². The number of esters is 1. The summed E-state index contributed by atoms with van der Waals surface area (Å²) in [4.78, 5) is 29.6. The Balaban J connectivity index is 1.86. The van der Waals surface area contributed by atoms with Crippen molar-refractivity contribution in [1.29, 1.82) is 0 Å². The summed E-state index contributed by atoms with van der Waals surface area (Å²) in [5.74, 6) is -0.599. The zero-order chi connectivity index (χ0) is 20.6. The molecule has 3 rings (SSSR count). The van der Waals surface area contributed by atoms with E-state index in [0.717, 1.165) is 0 Å². The van der Waals surface area contributed by atoms with Crippen LogP contribution in [0.1, 0.15) is 28.9 Å². The molecule has 0 saturated carbocycles. The van der Waals surface area contributed by atoms with Crippen molar-refractivity contribution in [3.63, 3.8) is 0 Å². The first kappa shape index (κ1) is 20.5. The molecule has 1 N–H and O–H groups in total. The molecule has 1 heterocycles. The molecule has 2 aromatic carbocycles. The number of anilines is 1. The number of nitrogens with one attached hydrogen (secondary N) is 1. The first-order chi connectivity index (χ1) is 14.1. The number of para-hydroxylation sites is 2. The van der Waals surface area contributed by atoms with E-state index in [9.17, 15) is 9.59 Å². The summed E-state index contributed by atoms with van der Waals surface area (Å²) in [5, 5.41) is 2.80. The van der Waals surface area contributed by atoms with Gasteiger partial charge in [-0.05, 0) is 41.1 Å². The number of amides is 1. The number of carbonyl (C=O) groups is 2. The van der Waals surface area contributed by atoms with Gasteiger partial charge in [-0.1, -0.05) is 42.5 Å². The lowest BCUT2D eigenvalue weighted by molar-refractivity contribution is -0.125. The Morgan fingerprint density at radius 2 is 1.79 bits per heavy atom. The Labute approximate surface area is 177 Å². The molecule has 0 bridgehead atoms.